The molecule has 2 nitrogen and oxygen atoms in total. The number of aromatic nitrogens is 1. The van der Waals surface area contributed by atoms with Crippen LogP contribution in [0.2, 0.25) is 5.02 Å². The van der Waals surface area contributed by atoms with Gasteiger partial charge in [0.2, 0.25) is 0 Å². The van der Waals surface area contributed by atoms with Gasteiger partial charge in [-0.2, -0.15) is 0 Å². The second-order valence-corrected chi connectivity index (χ2v) is 4.34. The molecule has 3 aromatic rings. The van der Waals surface area contributed by atoms with E-state index in [1.54, 1.807) is 0 Å². The molecule has 1 heterocycles. The molecule has 18 heavy (non-hydrogen) atoms. The molecule has 0 radical (unpaired) electrons. The molecule has 0 amide bonds. The van der Waals surface area contributed by atoms with Gasteiger partial charge in [0.05, 0.1) is 0 Å². The topological polar surface area (TPSA) is 26.0 Å². The maximum Gasteiger partial charge on any atom is 0.182 e. The van der Waals surface area contributed by atoms with Gasteiger partial charge in [0.1, 0.15) is 5.69 Å². The third kappa shape index (κ3) is 2.03. The van der Waals surface area contributed by atoms with Crippen LogP contribution in [0.25, 0.3) is 22.6 Å². The highest BCUT2D eigenvalue weighted by Gasteiger charge is 2.12. The fourth-order valence-corrected chi connectivity index (χ4v) is 2.07. The Morgan fingerprint density at radius 3 is 2.44 bits per heavy atom. The molecule has 0 aliphatic rings. The number of hydrogen-bond acceptors (Lipinski definition) is 2. The highest BCUT2D eigenvalue weighted by molar-refractivity contribution is 6.30. The molecule has 0 N–H and O–H groups in total. The first-order chi connectivity index (χ1) is 8.84. The van der Waals surface area contributed by atoms with Gasteiger partial charge >= 0.3 is 0 Å². The van der Waals surface area contributed by atoms with Crippen LogP contribution in [0.1, 0.15) is 0 Å². The second kappa shape index (κ2) is 4.67. The average molecular weight is 256 g/mol. The van der Waals surface area contributed by atoms with Crippen molar-refractivity contribution in [3.63, 3.8) is 0 Å². The summed E-state index contributed by atoms with van der Waals surface area (Å²) < 4.78 is 5.49. The van der Waals surface area contributed by atoms with Crippen molar-refractivity contribution in [2.45, 2.75) is 0 Å². The SMILES string of the molecule is Clc1cccc(-c2ocnc2-c2ccccc2)c1. The molecule has 3 rings (SSSR count). The lowest BCUT2D eigenvalue weighted by Crippen LogP contribution is -1.82. The van der Waals surface area contributed by atoms with Crippen LogP contribution in [0.5, 0.6) is 0 Å². The summed E-state index contributed by atoms with van der Waals surface area (Å²) >= 11 is 6.00. The van der Waals surface area contributed by atoms with Crippen molar-refractivity contribution in [1.82, 2.24) is 4.98 Å². The zero-order valence-electron chi connectivity index (χ0n) is 9.51. The summed E-state index contributed by atoms with van der Waals surface area (Å²) in [6.07, 6.45) is 1.46. The molecule has 0 aliphatic carbocycles. The zero-order chi connectivity index (χ0) is 12.4. The van der Waals surface area contributed by atoms with Gasteiger partial charge < -0.3 is 4.42 Å². The minimum absolute atomic E-state index is 0.683. The van der Waals surface area contributed by atoms with E-state index in [9.17, 15) is 0 Å². The van der Waals surface area contributed by atoms with Crippen LogP contribution in [0.4, 0.5) is 0 Å². The van der Waals surface area contributed by atoms with Gasteiger partial charge in [0.15, 0.2) is 12.2 Å². The maximum atomic E-state index is 6.00. The molecule has 88 valence electrons. The van der Waals surface area contributed by atoms with Crippen LogP contribution in [0.3, 0.4) is 0 Å². The molecule has 0 atom stereocenters. The Balaban J connectivity index is 2.13. The van der Waals surface area contributed by atoms with Crippen LogP contribution >= 0.6 is 11.6 Å². The fraction of sp³-hybridized carbons (Fsp3) is 0. The molecule has 0 unspecified atom stereocenters. The quantitative estimate of drug-likeness (QED) is 0.665. The zero-order valence-corrected chi connectivity index (χ0v) is 10.3. The number of hydrogen-bond donors (Lipinski definition) is 0. The first-order valence-electron chi connectivity index (χ1n) is 5.59. The lowest BCUT2D eigenvalue weighted by molar-refractivity contribution is 0.572. The average Bonchev–Trinajstić information content (AvgIpc) is 2.89. The molecule has 0 aliphatic heterocycles. The van der Waals surface area contributed by atoms with E-state index in [1.807, 2.05) is 54.6 Å². The number of nitrogens with zero attached hydrogens (tertiary/aromatic N) is 1. The Labute approximate surface area is 110 Å². The molecule has 3 heteroatoms. The Hall–Kier alpha value is -2.06. The van der Waals surface area contributed by atoms with Gasteiger partial charge in [0, 0.05) is 16.1 Å². The summed E-state index contributed by atoms with van der Waals surface area (Å²) in [4.78, 5) is 4.28. The first-order valence-corrected chi connectivity index (χ1v) is 5.97. The molecule has 0 fully saturated rings. The van der Waals surface area contributed by atoms with Gasteiger partial charge in [-0.3, -0.25) is 0 Å². The third-order valence-corrected chi connectivity index (χ3v) is 2.94. The van der Waals surface area contributed by atoms with E-state index in [0.717, 1.165) is 22.6 Å². The van der Waals surface area contributed by atoms with Crippen LogP contribution in [-0.4, -0.2) is 4.98 Å². The summed E-state index contributed by atoms with van der Waals surface area (Å²) in [5.74, 6) is 0.740. The van der Waals surface area contributed by atoms with Crippen molar-refractivity contribution in [3.05, 3.63) is 66.0 Å². The van der Waals surface area contributed by atoms with Gasteiger partial charge in [-0.1, -0.05) is 54.1 Å². The molecule has 0 bridgehead atoms. The Morgan fingerprint density at radius 1 is 0.889 bits per heavy atom. The molecular weight excluding hydrogens is 246 g/mol. The van der Waals surface area contributed by atoms with Gasteiger partial charge in [-0.05, 0) is 12.1 Å². The largest absolute Gasteiger partial charge is 0.443 e. The standard InChI is InChI=1S/C15H10ClNO/c16-13-8-4-7-12(9-13)15-14(17-10-18-15)11-5-2-1-3-6-11/h1-10H. The minimum atomic E-state index is 0.683. The van der Waals surface area contributed by atoms with E-state index < -0.39 is 0 Å². The Kier molecular flexibility index (Phi) is 2.87. The van der Waals surface area contributed by atoms with E-state index in [-0.39, 0.29) is 0 Å². The summed E-state index contributed by atoms with van der Waals surface area (Å²) in [6.45, 7) is 0. The van der Waals surface area contributed by atoms with Gasteiger partial charge in [0.25, 0.3) is 0 Å². The van der Waals surface area contributed by atoms with E-state index in [0.29, 0.717) is 5.02 Å². The van der Waals surface area contributed by atoms with E-state index in [4.69, 9.17) is 16.0 Å². The monoisotopic (exact) mass is 255 g/mol. The lowest BCUT2D eigenvalue weighted by Gasteiger charge is -2.01. The van der Waals surface area contributed by atoms with E-state index in [1.165, 1.54) is 6.39 Å². The molecule has 2 aromatic carbocycles. The molecule has 0 spiro atoms. The van der Waals surface area contributed by atoms with Crippen molar-refractivity contribution >= 4 is 11.6 Å². The smallest absolute Gasteiger partial charge is 0.182 e. The summed E-state index contributed by atoms with van der Waals surface area (Å²) in [7, 11) is 0. The van der Waals surface area contributed by atoms with Crippen molar-refractivity contribution < 1.29 is 4.42 Å². The van der Waals surface area contributed by atoms with Crippen molar-refractivity contribution in [2.75, 3.05) is 0 Å². The molecule has 1 aromatic heterocycles. The Bertz CT molecular complexity index is 661. The van der Waals surface area contributed by atoms with Crippen LogP contribution in [0, 0.1) is 0 Å². The van der Waals surface area contributed by atoms with E-state index in [2.05, 4.69) is 4.98 Å². The molecule has 0 saturated carbocycles. The molecule has 0 saturated heterocycles. The van der Waals surface area contributed by atoms with Crippen LogP contribution < -0.4 is 0 Å². The van der Waals surface area contributed by atoms with Gasteiger partial charge in [-0.15, -0.1) is 0 Å². The first kappa shape index (κ1) is 11.1. The minimum Gasteiger partial charge on any atom is -0.443 e. The second-order valence-electron chi connectivity index (χ2n) is 3.91. The number of rotatable bonds is 2. The third-order valence-electron chi connectivity index (χ3n) is 2.70. The maximum absolute atomic E-state index is 6.00. The summed E-state index contributed by atoms with van der Waals surface area (Å²) in [5.41, 5.74) is 2.79. The van der Waals surface area contributed by atoms with Crippen LogP contribution in [0.15, 0.2) is 65.4 Å². The van der Waals surface area contributed by atoms with Crippen LogP contribution in [-0.2, 0) is 0 Å². The number of halogens is 1. The highest BCUT2D eigenvalue weighted by Crippen LogP contribution is 2.31. The fourth-order valence-electron chi connectivity index (χ4n) is 1.88. The predicted octanol–water partition coefficient (Wildman–Crippen LogP) is 4.66. The van der Waals surface area contributed by atoms with Crippen molar-refractivity contribution in [3.8, 4) is 22.6 Å². The Morgan fingerprint density at radius 2 is 1.67 bits per heavy atom. The summed E-state index contributed by atoms with van der Waals surface area (Å²) in [6, 6.07) is 17.5. The normalized spacial score (nSPS) is 10.5. The van der Waals surface area contributed by atoms with E-state index >= 15 is 0 Å². The highest BCUT2D eigenvalue weighted by atomic mass is 35.5. The molecular formula is C15H10ClNO. The number of benzene rings is 2. The predicted molar refractivity (Wildman–Crippen MR) is 72.4 cm³/mol. The van der Waals surface area contributed by atoms with Crippen molar-refractivity contribution in [2.24, 2.45) is 0 Å². The summed E-state index contributed by atoms with van der Waals surface area (Å²) in [5, 5.41) is 0.683. The van der Waals surface area contributed by atoms with Crippen molar-refractivity contribution in [1.29, 1.82) is 0 Å². The van der Waals surface area contributed by atoms with Gasteiger partial charge in [-0.25, -0.2) is 4.98 Å². The number of oxazole rings is 1. The lowest BCUT2D eigenvalue weighted by atomic mass is 10.1.